The van der Waals surface area contributed by atoms with Crippen LogP contribution in [0.5, 0.6) is 0 Å². The van der Waals surface area contributed by atoms with Gasteiger partial charge in [-0.2, -0.15) is 0 Å². The predicted octanol–water partition coefficient (Wildman–Crippen LogP) is 10.5. The molecule has 204 valence electrons. The number of hydrogen-bond acceptors (Lipinski definition) is 3. The lowest BCUT2D eigenvalue weighted by atomic mass is 9.91. The first-order valence-electron chi connectivity index (χ1n) is 14.8. The number of hydrogen-bond donors (Lipinski definition) is 0. The molecule has 0 saturated heterocycles. The summed E-state index contributed by atoms with van der Waals surface area (Å²) in [7, 11) is 0. The van der Waals surface area contributed by atoms with Crippen molar-refractivity contribution >= 4 is 43.7 Å². The maximum Gasteiger partial charge on any atom is 0.162 e. The van der Waals surface area contributed by atoms with Crippen molar-refractivity contribution in [3.63, 3.8) is 0 Å². The van der Waals surface area contributed by atoms with Gasteiger partial charge in [-0.05, 0) is 41.5 Å². The van der Waals surface area contributed by atoms with E-state index in [4.69, 9.17) is 14.4 Å². The molecule has 4 nitrogen and oxygen atoms in total. The van der Waals surface area contributed by atoms with Gasteiger partial charge >= 0.3 is 0 Å². The van der Waals surface area contributed by atoms with Gasteiger partial charge in [0.25, 0.3) is 0 Å². The van der Waals surface area contributed by atoms with E-state index in [1.807, 2.05) is 30.3 Å². The highest BCUT2D eigenvalue weighted by molar-refractivity contribution is 6.17. The monoisotopic (exact) mass is 561 g/mol. The fraction of sp³-hybridized carbons (Fsp3) is 0. The molecule has 6 aromatic carbocycles. The first kappa shape index (κ1) is 23.6. The van der Waals surface area contributed by atoms with Gasteiger partial charge in [-0.15, -0.1) is 0 Å². The van der Waals surface area contributed by atoms with Crippen LogP contribution in [0.3, 0.4) is 0 Å². The summed E-state index contributed by atoms with van der Waals surface area (Å²) in [4.78, 5) is 10.8. The third-order valence-corrected chi connectivity index (χ3v) is 8.97. The lowest BCUT2D eigenvalue weighted by molar-refractivity contribution is 0.669. The lowest BCUT2D eigenvalue weighted by Crippen LogP contribution is -2.05. The van der Waals surface area contributed by atoms with E-state index in [9.17, 15) is 0 Å². The van der Waals surface area contributed by atoms with Crippen molar-refractivity contribution in [2.24, 2.45) is 0 Å². The van der Waals surface area contributed by atoms with E-state index in [1.54, 1.807) is 0 Å². The first-order valence-corrected chi connectivity index (χ1v) is 14.8. The van der Waals surface area contributed by atoms with Crippen LogP contribution >= 0.6 is 0 Å². The highest BCUT2D eigenvalue weighted by Gasteiger charge is 2.29. The largest absolute Gasteiger partial charge is 0.456 e. The molecule has 0 N–H and O–H groups in total. The number of benzene rings is 6. The molecular weight excluding hydrogens is 538 g/mol. The quantitative estimate of drug-likeness (QED) is 0.211. The molecule has 9 aromatic rings. The highest BCUT2D eigenvalue weighted by atomic mass is 16.3. The molecule has 3 aromatic heterocycles. The van der Waals surface area contributed by atoms with Gasteiger partial charge in [-0.25, -0.2) is 9.97 Å². The second-order valence-corrected chi connectivity index (χ2v) is 11.4. The summed E-state index contributed by atoms with van der Waals surface area (Å²) in [6, 6.07) is 48.9. The van der Waals surface area contributed by atoms with E-state index < -0.39 is 0 Å². The Kier molecular flexibility index (Phi) is 4.69. The van der Waals surface area contributed by atoms with Crippen molar-refractivity contribution in [3.8, 4) is 50.7 Å². The molecule has 0 amide bonds. The second-order valence-electron chi connectivity index (χ2n) is 11.4. The van der Waals surface area contributed by atoms with Crippen LogP contribution in [0.2, 0.25) is 0 Å². The van der Waals surface area contributed by atoms with Crippen LogP contribution in [0, 0.1) is 0 Å². The molecule has 4 heteroatoms. The fourth-order valence-electron chi connectivity index (χ4n) is 7.05. The van der Waals surface area contributed by atoms with Gasteiger partial charge in [0, 0.05) is 38.2 Å². The Hall–Kier alpha value is -6.00. The molecule has 0 unspecified atom stereocenters. The second kappa shape index (κ2) is 8.76. The lowest BCUT2D eigenvalue weighted by Gasteiger charge is -2.17. The summed E-state index contributed by atoms with van der Waals surface area (Å²) < 4.78 is 8.57. The van der Waals surface area contributed by atoms with Gasteiger partial charge < -0.3 is 4.42 Å². The Labute approximate surface area is 252 Å². The minimum absolute atomic E-state index is 0.694. The van der Waals surface area contributed by atoms with Crippen molar-refractivity contribution in [2.75, 3.05) is 0 Å². The molecule has 0 bridgehead atoms. The molecule has 0 fully saturated rings. The zero-order chi connectivity index (χ0) is 28.8. The third-order valence-electron chi connectivity index (χ3n) is 8.97. The Morgan fingerprint density at radius 1 is 0.477 bits per heavy atom. The van der Waals surface area contributed by atoms with Crippen LogP contribution < -0.4 is 0 Å². The minimum atomic E-state index is 0.694. The number of para-hydroxylation sites is 3. The standard InChI is InChI=1S/C40H23N3O/c1-2-11-24(12-3-1)39-41-37(25-21-22-35-32(23-25)28-15-7-9-20-34(28)44-35)36-29-16-5-4-13-26(29)30-17-10-18-31-27-14-6-8-19-33(27)43(38(30)31)40(36)42-39/h1-23H. The Morgan fingerprint density at radius 3 is 2.09 bits per heavy atom. The molecule has 0 spiro atoms. The van der Waals surface area contributed by atoms with E-state index in [1.165, 1.54) is 27.4 Å². The van der Waals surface area contributed by atoms with Crippen LogP contribution in [0.25, 0.3) is 94.5 Å². The summed E-state index contributed by atoms with van der Waals surface area (Å²) in [6.07, 6.45) is 0. The molecule has 0 atom stereocenters. The average Bonchev–Trinajstić information content (AvgIpc) is 3.59. The summed E-state index contributed by atoms with van der Waals surface area (Å²) in [5, 5.41) is 4.60. The van der Waals surface area contributed by atoms with Crippen molar-refractivity contribution in [2.45, 2.75) is 0 Å². The van der Waals surface area contributed by atoms with E-state index in [0.29, 0.717) is 5.82 Å². The van der Waals surface area contributed by atoms with Crippen LogP contribution in [-0.2, 0) is 0 Å². The van der Waals surface area contributed by atoms with Crippen LogP contribution in [0.4, 0.5) is 0 Å². The van der Waals surface area contributed by atoms with Gasteiger partial charge in [-0.3, -0.25) is 4.57 Å². The number of aromatic nitrogens is 3. The molecular formula is C40H23N3O. The van der Waals surface area contributed by atoms with Crippen molar-refractivity contribution in [1.29, 1.82) is 0 Å². The molecule has 1 aliphatic heterocycles. The number of furan rings is 1. The average molecular weight is 562 g/mol. The van der Waals surface area contributed by atoms with Crippen LogP contribution in [0.1, 0.15) is 0 Å². The van der Waals surface area contributed by atoms with Gasteiger partial charge in [-0.1, -0.05) is 109 Å². The molecule has 0 saturated carbocycles. The number of nitrogens with zero attached hydrogens (tertiary/aromatic N) is 3. The maximum absolute atomic E-state index is 6.21. The van der Waals surface area contributed by atoms with Crippen molar-refractivity contribution in [3.05, 3.63) is 140 Å². The van der Waals surface area contributed by atoms with Crippen molar-refractivity contribution in [1.82, 2.24) is 14.5 Å². The number of rotatable bonds is 2. The van der Waals surface area contributed by atoms with Crippen LogP contribution in [0.15, 0.2) is 144 Å². The van der Waals surface area contributed by atoms with Gasteiger partial charge in [0.15, 0.2) is 5.82 Å². The Morgan fingerprint density at radius 2 is 1.18 bits per heavy atom. The maximum atomic E-state index is 6.21. The van der Waals surface area contributed by atoms with E-state index in [2.05, 4.69) is 114 Å². The third kappa shape index (κ3) is 3.17. The Balaban J connectivity index is 1.41. The minimum Gasteiger partial charge on any atom is -0.456 e. The zero-order valence-electron chi connectivity index (χ0n) is 23.5. The molecule has 0 aliphatic carbocycles. The number of fused-ring (bicyclic) bond motifs is 11. The van der Waals surface area contributed by atoms with E-state index in [0.717, 1.165) is 61.2 Å². The topological polar surface area (TPSA) is 43.9 Å². The van der Waals surface area contributed by atoms with Crippen molar-refractivity contribution < 1.29 is 4.42 Å². The highest BCUT2D eigenvalue weighted by Crippen LogP contribution is 2.49. The molecule has 1 aliphatic rings. The van der Waals surface area contributed by atoms with Gasteiger partial charge in [0.2, 0.25) is 0 Å². The van der Waals surface area contributed by atoms with Gasteiger partial charge in [0.05, 0.1) is 22.3 Å². The van der Waals surface area contributed by atoms with E-state index in [-0.39, 0.29) is 0 Å². The fourth-order valence-corrected chi connectivity index (χ4v) is 7.05. The molecule has 44 heavy (non-hydrogen) atoms. The zero-order valence-corrected chi connectivity index (χ0v) is 23.5. The summed E-state index contributed by atoms with van der Waals surface area (Å²) in [5.41, 5.74) is 11.4. The summed E-state index contributed by atoms with van der Waals surface area (Å²) in [5.74, 6) is 1.58. The molecule has 4 heterocycles. The normalized spacial score (nSPS) is 12.1. The smallest absolute Gasteiger partial charge is 0.162 e. The van der Waals surface area contributed by atoms with Gasteiger partial charge in [0.1, 0.15) is 17.0 Å². The summed E-state index contributed by atoms with van der Waals surface area (Å²) in [6.45, 7) is 0. The summed E-state index contributed by atoms with van der Waals surface area (Å²) >= 11 is 0. The van der Waals surface area contributed by atoms with E-state index >= 15 is 0 Å². The SMILES string of the molecule is c1ccc(-c2nc(-c3ccc4oc5ccccc5c4c3)c3c(n2)-n2c4ccccc4c4cccc(c42)-c2ccccc2-3)cc1. The van der Waals surface area contributed by atoms with Crippen LogP contribution in [-0.4, -0.2) is 14.5 Å². The molecule has 10 rings (SSSR count). The first-order chi connectivity index (χ1) is 21.8. The Bertz CT molecular complexity index is 2610. The molecule has 0 radical (unpaired) electrons. The predicted molar refractivity (Wildman–Crippen MR) is 179 cm³/mol.